The number of nitrogens with one attached hydrogen (secondary N) is 1. The summed E-state index contributed by atoms with van der Waals surface area (Å²) in [6.07, 6.45) is -3.20. The maximum Gasteiger partial charge on any atom is 0.416 e. The van der Waals surface area contributed by atoms with Gasteiger partial charge in [0.25, 0.3) is 0 Å². The van der Waals surface area contributed by atoms with E-state index in [0.717, 1.165) is 12.1 Å². The molecular formula is C24H25F3N4O3S. The van der Waals surface area contributed by atoms with Crippen LogP contribution in [0.3, 0.4) is 0 Å². The molecule has 3 rings (SSSR count). The van der Waals surface area contributed by atoms with Gasteiger partial charge in [0.1, 0.15) is 11.5 Å². The number of carbonyl (C=O) groups is 1. The van der Waals surface area contributed by atoms with Crippen molar-refractivity contribution in [2.45, 2.75) is 43.1 Å². The lowest BCUT2D eigenvalue weighted by Crippen LogP contribution is -2.23. The molecule has 1 amide bonds. The van der Waals surface area contributed by atoms with Gasteiger partial charge in [0.15, 0.2) is 17.1 Å². The molecule has 0 saturated heterocycles. The molecule has 0 bridgehead atoms. The maximum absolute atomic E-state index is 12.7. The molecule has 3 aromatic rings. The van der Waals surface area contributed by atoms with Crippen molar-refractivity contribution in [2.24, 2.45) is 0 Å². The van der Waals surface area contributed by atoms with Crippen LogP contribution in [0.4, 0.5) is 18.9 Å². The number of hydrogen-bond acceptors (Lipinski definition) is 6. The van der Waals surface area contributed by atoms with Crippen molar-refractivity contribution in [2.75, 3.05) is 12.4 Å². The van der Waals surface area contributed by atoms with Crippen molar-refractivity contribution < 1.29 is 27.4 Å². The Hall–Kier alpha value is -3.47. The summed E-state index contributed by atoms with van der Waals surface area (Å²) >= 11 is 1.17. The second-order valence-corrected chi connectivity index (χ2v) is 8.81. The first-order chi connectivity index (χ1) is 16.6. The van der Waals surface area contributed by atoms with Crippen LogP contribution < -0.4 is 14.8 Å². The molecule has 0 radical (unpaired) electrons. The van der Waals surface area contributed by atoms with E-state index in [2.05, 4.69) is 22.1 Å². The van der Waals surface area contributed by atoms with Crippen molar-refractivity contribution in [3.05, 3.63) is 72.6 Å². The van der Waals surface area contributed by atoms with Crippen molar-refractivity contribution in [3.8, 4) is 11.5 Å². The number of allylic oxidation sites excluding steroid dienone is 1. The zero-order chi connectivity index (χ0) is 25.6. The predicted molar refractivity (Wildman–Crippen MR) is 128 cm³/mol. The van der Waals surface area contributed by atoms with Gasteiger partial charge in [-0.3, -0.25) is 9.36 Å². The highest BCUT2D eigenvalue weighted by Crippen LogP contribution is 2.31. The number of aromatic nitrogens is 3. The Morgan fingerprint density at radius 3 is 2.31 bits per heavy atom. The number of alkyl halides is 3. The molecule has 2 atom stereocenters. The Balaban J connectivity index is 1.68. The van der Waals surface area contributed by atoms with E-state index in [1.807, 2.05) is 6.92 Å². The van der Waals surface area contributed by atoms with Crippen LogP contribution in [0, 0.1) is 0 Å². The van der Waals surface area contributed by atoms with Gasteiger partial charge < -0.3 is 14.8 Å². The number of benzene rings is 2. The first-order valence-corrected chi connectivity index (χ1v) is 11.5. The molecule has 1 heterocycles. The van der Waals surface area contributed by atoms with Crippen LogP contribution in [0.2, 0.25) is 0 Å². The second-order valence-electron chi connectivity index (χ2n) is 7.50. The molecule has 1 N–H and O–H groups in total. The fourth-order valence-electron chi connectivity index (χ4n) is 3.10. The molecule has 7 nitrogen and oxygen atoms in total. The molecule has 2 aromatic carbocycles. The van der Waals surface area contributed by atoms with E-state index in [-0.39, 0.29) is 11.6 Å². The Labute approximate surface area is 205 Å². The van der Waals surface area contributed by atoms with Gasteiger partial charge in [0, 0.05) is 12.2 Å². The highest BCUT2D eigenvalue weighted by Gasteiger charge is 2.30. The van der Waals surface area contributed by atoms with E-state index >= 15 is 0 Å². The molecule has 2 unspecified atom stereocenters. The predicted octanol–water partition coefficient (Wildman–Crippen LogP) is 5.75. The van der Waals surface area contributed by atoms with Gasteiger partial charge in [-0.25, -0.2) is 0 Å². The summed E-state index contributed by atoms with van der Waals surface area (Å²) in [5.41, 5.74) is -0.515. The fourth-order valence-corrected chi connectivity index (χ4v) is 3.96. The largest absolute Gasteiger partial charge is 0.497 e. The number of thioether (sulfide) groups is 1. The van der Waals surface area contributed by atoms with Gasteiger partial charge in [0.05, 0.1) is 17.9 Å². The maximum atomic E-state index is 12.7. The van der Waals surface area contributed by atoms with Gasteiger partial charge in [-0.2, -0.15) is 13.2 Å². The first kappa shape index (κ1) is 26.1. The van der Waals surface area contributed by atoms with Crippen LogP contribution in [-0.4, -0.2) is 33.0 Å². The minimum absolute atomic E-state index is 0.269. The number of methoxy groups -OCH3 is 1. The van der Waals surface area contributed by atoms with Crippen LogP contribution in [0.25, 0.3) is 0 Å². The number of amides is 1. The molecule has 11 heteroatoms. The lowest BCUT2D eigenvalue weighted by atomic mass is 10.2. The first-order valence-electron chi connectivity index (χ1n) is 10.6. The van der Waals surface area contributed by atoms with Crippen molar-refractivity contribution in [1.29, 1.82) is 0 Å². The van der Waals surface area contributed by atoms with Crippen molar-refractivity contribution >= 4 is 23.4 Å². The summed E-state index contributed by atoms with van der Waals surface area (Å²) in [7, 11) is 1.58. The molecule has 186 valence electrons. The molecule has 0 saturated carbocycles. The number of rotatable bonds is 10. The molecule has 35 heavy (non-hydrogen) atoms. The third kappa shape index (κ3) is 6.78. The SMILES string of the molecule is C=CCn1c(SC(C)C(=O)Nc2ccc(C(F)(F)F)cc2)nnc1C(C)Oc1ccc(OC)cc1. The average molecular weight is 507 g/mol. The summed E-state index contributed by atoms with van der Waals surface area (Å²) in [5.74, 6) is 1.51. The van der Waals surface area contributed by atoms with Crippen LogP contribution in [0.1, 0.15) is 31.3 Å². The second kappa shape index (κ2) is 11.3. The van der Waals surface area contributed by atoms with E-state index in [1.165, 1.54) is 23.9 Å². The summed E-state index contributed by atoms with van der Waals surface area (Å²) in [6, 6.07) is 11.4. The van der Waals surface area contributed by atoms with Crippen LogP contribution in [0.15, 0.2) is 66.3 Å². The fraction of sp³-hybridized carbons (Fsp3) is 0.292. The van der Waals surface area contributed by atoms with E-state index in [4.69, 9.17) is 9.47 Å². The zero-order valence-corrected chi connectivity index (χ0v) is 20.2. The lowest BCUT2D eigenvalue weighted by Gasteiger charge is -2.17. The van der Waals surface area contributed by atoms with Crippen molar-refractivity contribution in [3.63, 3.8) is 0 Å². The van der Waals surface area contributed by atoms with Gasteiger partial charge in [-0.1, -0.05) is 17.8 Å². The average Bonchev–Trinajstić information content (AvgIpc) is 3.21. The monoisotopic (exact) mass is 506 g/mol. The van der Waals surface area contributed by atoms with Gasteiger partial charge in [-0.15, -0.1) is 16.8 Å². The lowest BCUT2D eigenvalue weighted by molar-refractivity contribution is -0.137. The van der Waals surface area contributed by atoms with Crippen molar-refractivity contribution in [1.82, 2.24) is 14.8 Å². The molecule has 1 aromatic heterocycles. The smallest absolute Gasteiger partial charge is 0.416 e. The normalized spacial score (nSPS) is 13.1. The third-order valence-corrected chi connectivity index (χ3v) is 6.00. The summed E-state index contributed by atoms with van der Waals surface area (Å²) in [4.78, 5) is 12.6. The van der Waals surface area contributed by atoms with Crippen LogP contribution in [0.5, 0.6) is 11.5 Å². The highest BCUT2D eigenvalue weighted by atomic mass is 32.2. The van der Waals surface area contributed by atoms with Gasteiger partial charge >= 0.3 is 6.18 Å². The summed E-state index contributed by atoms with van der Waals surface area (Å²) in [6.45, 7) is 7.68. The standard InChI is InChI=1S/C24H25F3N4O3S/c1-5-14-31-21(15(2)34-20-12-10-19(33-4)11-13-20)29-30-23(31)35-16(3)22(32)28-18-8-6-17(7-9-18)24(25,26)27/h5-13,15-16H,1,14H2,2-4H3,(H,28,32). The van der Waals surface area contributed by atoms with E-state index in [1.54, 1.807) is 48.9 Å². The molecule has 0 aliphatic carbocycles. The number of ether oxygens (including phenoxy) is 2. The summed E-state index contributed by atoms with van der Waals surface area (Å²) in [5, 5.41) is 11.0. The summed E-state index contributed by atoms with van der Waals surface area (Å²) < 4.78 is 51.1. The molecule has 0 spiro atoms. The Morgan fingerprint density at radius 2 is 1.74 bits per heavy atom. The van der Waals surface area contributed by atoms with Crippen LogP contribution >= 0.6 is 11.8 Å². The number of halogens is 3. The van der Waals surface area contributed by atoms with E-state index < -0.39 is 23.1 Å². The Kier molecular flexibility index (Phi) is 8.44. The zero-order valence-electron chi connectivity index (χ0n) is 19.4. The molecule has 0 aliphatic heterocycles. The van der Waals surface area contributed by atoms with Gasteiger partial charge in [0.2, 0.25) is 5.91 Å². The van der Waals surface area contributed by atoms with Crippen LogP contribution in [-0.2, 0) is 17.5 Å². The number of hydrogen-bond donors (Lipinski definition) is 1. The number of carbonyl (C=O) groups excluding carboxylic acids is 1. The van der Waals surface area contributed by atoms with Gasteiger partial charge in [-0.05, 0) is 62.4 Å². The third-order valence-electron chi connectivity index (χ3n) is 4.92. The molecule has 0 aliphatic rings. The Bertz CT molecular complexity index is 1150. The minimum atomic E-state index is -4.44. The van der Waals surface area contributed by atoms with E-state index in [0.29, 0.717) is 29.0 Å². The van der Waals surface area contributed by atoms with E-state index in [9.17, 15) is 18.0 Å². The highest BCUT2D eigenvalue weighted by molar-refractivity contribution is 8.00. The minimum Gasteiger partial charge on any atom is -0.497 e. The topological polar surface area (TPSA) is 78.3 Å². The number of anilines is 1. The Morgan fingerprint density at radius 1 is 1.11 bits per heavy atom. The quantitative estimate of drug-likeness (QED) is 0.279. The molecular weight excluding hydrogens is 481 g/mol. The molecule has 0 fully saturated rings. The number of nitrogens with zero attached hydrogens (tertiary/aromatic N) is 3.